The third-order valence-electron chi connectivity index (χ3n) is 5.62. The van der Waals surface area contributed by atoms with Crippen LogP contribution in [-0.2, 0) is 24.9 Å². The van der Waals surface area contributed by atoms with Crippen molar-refractivity contribution in [1.29, 1.82) is 0 Å². The molecule has 0 atom stereocenters. The number of nitrogens with zero attached hydrogens (tertiary/aromatic N) is 6. The Balaban J connectivity index is 1.80. The van der Waals surface area contributed by atoms with E-state index in [0.717, 1.165) is 43.9 Å². The smallest absolute Gasteiger partial charge is 0.332 e. The lowest BCUT2D eigenvalue weighted by atomic mass is 10.3. The number of hydrogen-bond donors (Lipinski definition) is 0. The Labute approximate surface area is 162 Å². The number of aryl methyl sites for hydroxylation is 3. The molecule has 0 unspecified atom stereocenters. The second-order valence-corrected chi connectivity index (χ2v) is 7.48. The Kier molecular flexibility index (Phi) is 5.11. The average molecular weight is 388 g/mol. The summed E-state index contributed by atoms with van der Waals surface area (Å²) < 4.78 is 12.1. The zero-order chi connectivity index (χ0) is 19.8. The molecule has 0 aliphatic carbocycles. The molecule has 0 aromatic carbocycles. The van der Waals surface area contributed by atoms with Gasteiger partial charge in [-0.1, -0.05) is 13.3 Å². The van der Waals surface area contributed by atoms with Crippen molar-refractivity contribution in [3.63, 3.8) is 0 Å². The first-order valence-corrected chi connectivity index (χ1v) is 10.0. The Morgan fingerprint density at radius 2 is 1.86 bits per heavy atom. The van der Waals surface area contributed by atoms with Gasteiger partial charge in [-0.25, -0.2) is 4.79 Å². The van der Waals surface area contributed by atoms with Gasteiger partial charge in [-0.3, -0.25) is 23.2 Å². The zero-order valence-electron chi connectivity index (χ0n) is 16.8. The van der Waals surface area contributed by atoms with Gasteiger partial charge in [-0.05, 0) is 13.3 Å². The summed E-state index contributed by atoms with van der Waals surface area (Å²) in [4.78, 5) is 32.9. The number of ether oxygens (including phenoxy) is 1. The molecule has 0 amide bonds. The van der Waals surface area contributed by atoms with Gasteiger partial charge in [0.2, 0.25) is 5.78 Å². The summed E-state index contributed by atoms with van der Waals surface area (Å²) in [5.41, 5.74) is 1.39. The molecule has 0 saturated carbocycles. The van der Waals surface area contributed by atoms with Crippen molar-refractivity contribution in [3.05, 3.63) is 32.7 Å². The zero-order valence-corrected chi connectivity index (χ0v) is 16.8. The van der Waals surface area contributed by atoms with Crippen LogP contribution in [0.2, 0.25) is 0 Å². The van der Waals surface area contributed by atoms with Crippen molar-refractivity contribution in [2.24, 2.45) is 7.05 Å². The molecule has 3 aromatic heterocycles. The van der Waals surface area contributed by atoms with Crippen LogP contribution in [0.1, 0.15) is 25.5 Å². The summed E-state index contributed by atoms with van der Waals surface area (Å²) in [6, 6.07) is 0. The van der Waals surface area contributed by atoms with E-state index in [-0.39, 0.29) is 11.2 Å². The monoisotopic (exact) mass is 388 g/mol. The second kappa shape index (κ2) is 7.56. The summed E-state index contributed by atoms with van der Waals surface area (Å²) in [5.74, 6) is 0.721. The molecule has 0 radical (unpaired) electrons. The Bertz CT molecular complexity index is 1110. The Morgan fingerprint density at radius 3 is 2.57 bits per heavy atom. The quantitative estimate of drug-likeness (QED) is 0.618. The van der Waals surface area contributed by atoms with Crippen LogP contribution in [0, 0.1) is 6.92 Å². The molecule has 0 N–H and O–H groups in total. The van der Waals surface area contributed by atoms with Crippen molar-refractivity contribution < 1.29 is 4.74 Å². The summed E-state index contributed by atoms with van der Waals surface area (Å²) in [7, 11) is 1.69. The highest BCUT2D eigenvalue weighted by molar-refractivity contribution is 5.75. The van der Waals surface area contributed by atoms with E-state index >= 15 is 0 Å². The number of aromatic nitrogens is 5. The molecule has 9 heteroatoms. The van der Waals surface area contributed by atoms with Crippen LogP contribution in [0.4, 0.5) is 0 Å². The molecule has 1 saturated heterocycles. The fourth-order valence-electron chi connectivity index (χ4n) is 3.91. The Morgan fingerprint density at radius 1 is 1.11 bits per heavy atom. The van der Waals surface area contributed by atoms with Gasteiger partial charge in [-0.15, -0.1) is 0 Å². The molecule has 152 valence electrons. The summed E-state index contributed by atoms with van der Waals surface area (Å²) in [6.07, 6.45) is 4.06. The third kappa shape index (κ3) is 3.08. The van der Waals surface area contributed by atoms with Gasteiger partial charge in [0, 0.05) is 51.7 Å². The minimum absolute atomic E-state index is 0.272. The highest BCUT2D eigenvalue weighted by Crippen LogP contribution is 2.16. The molecule has 0 spiro atoms. The number of rotatable bonds is 6. The van der Waals surface area contributed by atoms with Gasteiger partial charge in [0.1, 0.15) is 0 Å². The molecule has 9 nitrogen and oxygen atoms in total. The second-order valence-electron chi connectivity index (χ2n) is 7.48. The maximum absolute atomic E-state index is 13.2. The first-order valence-electron chi connectivity index (χ1n) is 10.0. The van der Waals surface area contributed by atoms with Gasteiger partial charge < -0.3 is 9.30 Å². The van der Waals surface area contributed by atoms with E-state index in [0.29, 0.717) is 37.5 Å². The molecular formula is C19H28N6O3. The average Bonchev–Trinajstić information content (AvgIpc) is 3.20. The topological polar surface area (TPSA) is 78.7 Å². The molecule has 28 heavy (non-hydrogen) atoms. The van der Waals surface area contributed by atoms with Gasteiger partial charge in [-0.2, -0.15) is 4.98 Å². The molecular weight excluding hydrogens is 360 g/mol. The highest BCUT2D eigenvalue weighted by Gasteiger charge is 2.20. The van der Waals surface area contributed by atoms with Crippen LogP contribution in [0.25, 0.3) is 16.9 Å². The lowest BCUT2D eigenvalue weighted by molar-refractivity contribution is 0.0361. The van der Waals surface area contributed by atoms with Crippen LogP contribution in [0.3, 0.4) is 0 Å². The Hall–Kier alpha value is -2.39. The lowest BCUT2D eigenvalue weighted by Gasteiger charge is -2.26. The fraction of sp³-hybridized carbons (Fsp3) is 0.632. The van der Waals surface area contributed by atoms with E-state index in [9.17, 15) is 9.59 Å². The number of imidazole rings is 2. The predicted molar refractivity (Wildman–Crippen MR) is 107 cm³/mol. The normalized spacial score (nSPS) is 15.8. The first kappa shape index (κ1) is 18.9. The van der Waals surface area contributed by atoms with Gasteiger partial charge >= 0.3 is 5.69 Å². The van der Waals surface area contributed by atoms with E-state index in [1.165, 1.54) is 9.13 Å². The molecule has 4 heterocycles. The van der Waals surface area contributed by atoms with Crippen LogP contribution in [0.15, 0.2) is 15.8 Å². The van der Waals surface area contributed by atoms with E-state index in [1.807, 2.05) is 17.5 Å². The molecule has 1 aliphatic rings. The number of fused-ring (bicyclic) bond motifs is 3. The van der Waals surface area contributed by atoms with Crippen LogP contribution < -0.4 is 11.2 Å². The van der Waals surface area contributed by atoms with E-state index < -0.39 is 0 Å². The number of hydrogen-bond acceptors (Lipinski definition) is 5. The maximum atomic E-state index is 13.2. The largest absolute Gasteiger partial charge is 0.379 e. The molecule has 1 fully saturated rings. The van der Waals surface area contributed by atoms with Crippen LogP contribution in [0.5, 0.6) is 0 Å². The summed E-state index contributed by atoms with van der Waals surface area (Å²) >= 11 is 0. The van der Waals surface area contributed by atoms with Crippen molar-refractivity contribution in [2.75, 3.05) is 32.8 Å². The third-order valence-corrected chi connectivity index (χ3v) is 5.62. The molecule has 0 bridgehead atoms. The number of morpholine rings is 1. The minimum atomic E-state index is -0.316. The maximum Gasteiger partial charge on any atom is 0.332 e. The standard InChI is InChI=1S/C19H28N6O3/c1-4-5-6-23-14(2)13-25-15-16(20-18(23)25)21(3)19(27)24(17(15)26)8-7-22-9-11-28-12-10-22/h13H,4-12H2,1-3H3. The molecule has 4 rings (SSSR count). The fourth-order valence-corrected chi connectivity index (χ4v) is 3.91. The summed E-state index contributed by atoms with van der Waals surface area (Å²) in [5, 5.41) is 0. The van der Waals surface area contributed by atoms with E-state index in [4.69, 9.17) is 4.74 Å². The van der Waals surface area contributed by atoms with E-state index in [2.05, 4.69) is 21.4 Å². The minimum Gasteiger partial charge on any atom is -0.379 e. The first-order chi connectivity index (χ1) is 13.5. The van der Waals surface area contributed by atoms with Crippen LogP contribution >= 0.6 is 0 Å². The van der Waals surface area contributed by atoms with Crippen molar-refractivity contribution in [1.82, 2.24) is 28.0 Å². The van der Waals surface area contributed by atoms with Crippen molar-refractivity contribution in [3.8, 4) is 0 Å². The SMILES string of the molecule is CCCCn1c(C)cn2c3c(=O)n(CCN4CCOCC4)c(=O)n(C)c3nc12. The van der Waals surface area contributed by atoms with E-state index in [1.54, 1.807) is 7.05 Å². The number of unbranched alkanes of at least 4 members (excludes halogenated alkanes) is 1. The molecule has 3 aromatic rings. The predicted octanol–water partition coefficient (Wildman–Crippen LogP) is 0.590. The molecule has 1 aliphatic heterocycles. The van der Waals surface area contributed by atoms with Crippen molar-refractivity contribution >= 4 is 16.9 Å². The van der Waals surface area contributed by atoms with Crippen molar-refractivity contribution in [2.45, 2.75) is 39.8 Å². The highest BCUT2D eigenvalue weighted by atomic mass is 16.5. The van der Waals surface area contributed by atoms with Crippen LogP contribution in [-0.4, -0.2) is 60.8 Å². The van der Waals surface area contributed by atoms with Gasteiger partial charge in [0.25, 0.3) is 5.56 Å². The summed E-state index contributed by atoms with van der Waals surface area (Å²) in [6.45, 7) is 9.08. The van der Waals surface area contributed by atoms with Gasteiger partial charge in [0.05, 0.1) is 13.2 Å². The lowest BCUT2D eigenvalue weighted by Crippen LogP contribution is -2.44. The van der Waals surface area contributed by atoms with Gasteiger partial charge in [0.15, 0.2) is 11.2 Å².